The minimum atomic E-state index is -0.147. The van der Waals surface area contributed by atoms with E-state index < -0.39 is 0 Å². The van der Waals surface area contributed by atoms with E-state index in [4.69, 9.17) is 9.47 Å². The standard InChI is InChI=1S/C28H28N2O3S/c1-4-32-25-15-22(10-11-24(25)33-18-21-8-6-5-7-9-21)16-26-27(31)30-28(34-26)29-17-23-13-19(2)12-20(3)14-23/h5-16H,4,17-18H2,1-3H3,(H,29,30,31)/b26-16-. The fourth-order valence-corrected chi connectivity index (χ4v) is 4.53. The molecule has 174 valence electrons. The van der Waals surface area contributed by atoms with Gasteiger partial charge >= 0.3 is 0 Å². The molecule has 1 amide bonds. The molecule has 0 unspecified atom stereocenters. The second-order valence-electron chi connectivity index (χ2n) is 8.10. The van der Waals surface area contributed by atoms with Gasteiger partial charge in [0.15, 0.2) is 16.7 Å². The van der Waals surface area contributed by atoms with Crippen LogP contribution in [-0.2, 0) is 17.9 Å². The zero-order valence-electron chi connectivity index (χ0n) is 19.6. The molecule has 5 nitrogen and oxygen atoms in total. The van der Waals surface area contributed by atoms with Crippen LogP contribution in [0, 0.1) is 13.8 Å². The quantitative estimate of drug-likeness (QED) is 0.406. The van der Waals surface area contributed by atoms with E-state index in [0.29, 0.717) is 41.3 Å². The Kier molecular flexibility index (Phi) is 7.70. The van der Waals surface area contributed by atoms with E-state index in [1.165, 1.54) is 22.9 Å². The molecule has 1 aliphatic rings. The zero-order valence-corrected chi connectivity index (χ0v) is 20.4. The van der Waals surface area contributed by atoms with E-state index in [1.54, 1.807) is 0 Å². The number of nitrogens with one attached hydrogen (secondary N) is 1. The molecule has 1 heterocycles. The van der Waals surface area contributed by atoms with E-state index in [9.17, 15) is 4.79 Å². The van der Waals surface area contributed by atoms with Crippen LogP contribution in [0.25, 0.3) is 6.08 Å². The minimum absolute atomic E-state index is 0.147. The highest BCUT2D eigenvalue weighted by atomic mass is 32.2. The SMILES string of the molecule is CCOc1cc(/C=C2\SC(=NCc3cc(C)cc(C)c3)NC2=O)ccc1OCc1ccccc1. The fraction of sp³-hybridized carbons (Fsp3) is 0.214. The Hall–Kier alpha value is -3.51. The lowest BCUT2D eigenvalue weighted by molar-refractivity contribution is -0.115. The van der Waals surface area contributed by atoms with Crippen LogP contribution in [0.5, 0.6) is 11.5 Å². The van der Waals surface area contributed by atoms with Crippen LogP contribution < -0.4 is 14.8 Å². The van der Waals surface area contributed by atoms with E-state index in [-0.39, 0.29) is 5.91 Å². The van der Waals surface area contributed by atoms with Crippen LogP contribution in [0.2, 0.25) is 0 Å². The van der Waals surface area contributed by atoms with Crippen molar-refractivity contribution < 1.29 is 14.3 Å². The van der Waals surface area contributed by atoms with E-state index in [2.05, 4.69) is 42.4 Å². The molecule has 0 atom stereocenters. The predicted molar refractivity (Wildman–Crippen MR) is 139 cm³/mol. The molecular weight excluding hydrogens is 444 g/mol. The molecular formula is C28H28N2O3S. The first-order chi connectivity index (χ1) is 16.5. The van der Waals surface area contributed by atoms with Crippen molar-refractivity contribution in [1.29, 1.82) is 0 Å². The van der Waals surface area contributed by atoms with E-state index >= 15 is 0 Å². The number of benzene rings is 3. The van der Waals surface area contributed by atoms with Gasteiger partial charge in [-0.3, -0.25) is 9.79 Å². The topological polar surface area (TPSA) is 59.9 Å². The highest BCUT2D eigenvalue weighted by Crippen LogP contribution is 2.32. The Balaban J connectivity index is 1.46. The number of amides is 1. The number of thioether (sulfide) groups is 1. The molecule has 0 aromatic heterocycles. The largest absolute Gasteiger partial charge is 0.490 e. The Morgan fingerprint density at radius 3 is 2.41 bits per heavy atom. The maximum absolute atomic E-state index is 12.5. The minimum Gasteiger partial charge on any atom is -0.490 e. The molecule has 0 radical (unpaired) electrons. The summed E-state index contributed by atoms with van der Waals surface area (Å²) >= 11 is 1.35. The van der Waals surface area contributed by atoms with Crippen molar-refractivity contribution in [3.8, 4) is 11.5 Å². The average molecular weight is 473 g/mol. The normalized spacial score (nSPS) is 15.6. The maximum Gasteiger partial charge on any atom is 0.264 e. The number of hydrogen-bond donors (Lipinski definition) is 1. The summed E-state index contributed by atoms with van der Waals surface area (Å²) in [6.07, 6.45) is 1.85. The zero-order chi connectivity index (χ0) is 23.9. The summed E-state index contributed by atoms with van der Waals surface area (Å²) in [6.45, 7) is 7.59. The average Bonchev–Trinajstić information content (AvgIpc) is 3.16. The van der Waals surface area contributed by atoms with Crippen LogP contribution in [-0.4, -0.2) is 17.7 Å². The maximum atomic E-state index is 12.5. The van der Waals surface area contributed by atoms with E-state index in [0.717, 1.165) is 16.7 Å². The number of carbonyl (C=O) groups is 1. The lowest BCUT2D eigenvalue weighted by Crippen LogP contribution is -2.19. The molecule has 6 heteroatoms. The number of ether oxygens (including phenoxy) is 2. The molecule has 4 rings (SSSR count). The van der Waals surface area contributed by atoms with Crippen LogP contribution in [0.4, 0.5) is 0 Å². The van der Waals surface area contributed by atoms with Crippen molar-refractivity contribution >= 4 is 28.9 Å². The first kappa shape index (κ1) is 23.6. The Labute approximate surface area is 204 Å². The van der Waals surface area contributed by atoms with Crippen molar-refractivity contribution in [2.45, 2.75) is 33.9 Å². The summed E-state index contributed by atoms with van der Waals surface area (Å²) in [7, 11) is 0. The van der Waals surface area contributed by atoms with Crippen molar-refractivity contribution in [3.63, 3.8) is 0 Å². The molecule has 1 fully saturated rings. The van der Waals surface area contributed by atoms with Gasteiger partial charge in [0.25, 0.3) is 5.91 Å². The summed E-state index contributed by atoms with van der Waals surface area (Å²) in [4.78, 5) is 17.7. The van der Waals surface area contributed by atoms with Gasteiger partial charge in [-0.05, 0) is 67.4 Å². The van der Waals surface area contributed by atoms with Crippen molar-refractivity contribution in [2.75, 3.05) is 6.61 Å². The Morgan fingerprint density at radius 1 is 0.912 bits per heavy atom. The van der Waals surface area contributed by atoms with Crippen LogP contribution in [0.1, 0.15) is 34.7 Å². The van der Waals surface area contributed by atoms with Crippen LogP contribution in [0.15, 0.2) is 76.6 Å². The lowest BCUT2D eigenvalue weighted by atomic mass is 10.1. The highest BCUT2D eigenvalue weighted by Gasteiger charge is 2.23. The van der Waals surface area contributed by atoms with Crippen molar-refractivity contribution in [3.05, 3.63) is 99.5 Å². The number of nitrogens with zero attached hydrogens (tertiary/aromatic N) is 1. The second-order valence-corrected chi connectivity index (χ2v) is 9.13. The Bertz CT molecular complexity index is 1220. The molecule has 1 N–H and O–H groups in total. The first-order valence-corrected chi connectivity index (χ1v) is 12.1. The predicted octanol–water partition coefficient (Wildman–Crippen LogP) is 6.04. The summed E-state index contributed by atoms with van der Waals surface area (Å²) < 4.78 is 11.8. The Morgan fingerprint density at radius 2 is 1.68 bits per heavy atom. The van der Waals surface area contributed by atoms with Gasteiger partial charge in [0.2, 0.25) is 0 Å². The monoisotopic (exact) mass is 472 g/mol. The third-order valence-electron chi connectivity index (χ3n) is 5.14. The summed E-state index contributed by atoms with van der Waals surface area (Å²) in [5.41, 5.74) is 5.50. The third-order valence-corrected chi connectivity index (χ3v) is 6.09. The molecule has 0 aliphatic carbocycles. The fourth-order valence-electron chi connectivity index (χ4n) is 3.71. The van der Waals surface area contributed by atoms with Gasteiger partial charge in [0, 0.05) is 0 Å². The third kappa shape index (κ3) is 6.29. The number of hydrogen-bond acceptors (Lipinski definition) is 5. The van der Waals surface area contributed by atoms with Gasteiger partial charge in [0.1, 0.15) is 6.61 Å². The summed E-state index contributed by atoms with van der Waals surface area (Å²) in [5, 5.41) is 3.48. The summed E-state index contributed by atoms with van der Waals surface area (Å²) in [5.74, 6) is 1.18. The van der Waals surface area contributed by atoms with Gasteiger partial charge < -0.3 is 14.8 Å². The number of aryl methyl sites for hydroxylation is 2. The molecule has 3 aromatic rings. The summed E-state index contributed by atoms with van der Waals surface area (Å²) in [6, 6.07) is 22.1. The van der Waals surface area contributed by atoms with Gasteiger partial charge in [-0.2, -0.15) is 0 Å². The smallest absolute Gasteiger partial charge is 0.264 e. The molecule has 34 heavy (non-hydrogen) atoms. The van der Waals surface area contributed by atoms with Crippen molar-refractivity contribution in [2.24, 2.45) is 4.99 Å². The molecule has 1 saturated heterocycles. The van der Waals surface area contributed by atoms with Gasteiger partial charge in [-0.1, -0.05) is 65.7 Å². The number of amidine groups is 1. The van der Waals surface area contributed by atoms with Gasteiger partial charge in [0.05, 0.1) is 18.1 Å². The second kappa shape index (κ2) is 11.1. The molecule has 1 aliphatic heterocycles. The molecule has 0 bridgehead atoms. The van der Waals surface area contributed by atoms with Gasteiger partial charge in [-0.25, -0.2) is 0 Å². The molecule has 0 spiro atoms. The first-order valence-electron chi connectivity index (χ1n) is 11.3. The van der Waals surface area contributed by atoms with Gasteiger partial charge in [-0.15, -0.1) is 0 Å². The molecule has 0 saturated carbocycles. The number of carbonyl (C=O) groups excluding carboxylic acids is 1. The number of aliphatic imine (C=N–C) groups is 1. The van der Waals surface area contributed by atoms with Crippen molar-refractivity contribution in [1.82, 2.24) is 5.32 Å². The van der Waals surface area contributed by atoms with Crippen LogP contribution in [0.3, 0.4) is 0 Å². The van der Waals surface area contributed by atoms with E-state index in [1.807, 2.05) is 61.5 Å². The number of rotatable bonds is 8. The highest BCUT2D eigenvalue weighted by molar-refractivity contribution is 8.18. The molecule has 3 aromatic carbocycles. The lowest BCUT2D eigenvalue weighted by Gasteiger charge is -2.13. The van der Waals surface area contributed by atoms with Crippen LogP contribution >= 0.6 is 11.8 Å².